The maximum atomic E-state index is 12.4. The van der Waals surface area contributed by atoms with Crippen molar-refractivity contribution in [3.8, 4) is 0 Å². The third-order valence-electron chi connectivity index (χ3n) is 4.68. The van der Waals surface area contributed by atoms with Gasteiger partial charge in [-0.15, -0.1) is 11.3 Å². The van der Waals surface area contributed by atoms with Crippen LogP contribution in [0, 0.1) is 6.92 Å². The number of aromatic nitrogens is 3. The molecule has 3 aromatic heterocycles. The third kappa shape index (κ3) is 4.17. The summed E-state index contributed by atoms with van der Waals surface area (Å²) in [6.07, 6.45) is 1.63. The lowest BCUT2D eigenvalue weighted by Gasteiger charge is -2.10. The van der Waals surface area contributed by atoms with Gasteiger partial charge in [0.1, 0.15) is 27.8 Å². The van der Waals surface area contributed by atoms with E-state index in [0.717, 1.165) is 22.2 Å². The first-order chi connectivity index (χ1) is 15.0. The highest BCUT2D eigenvalue weighted by molar-refractivity contribution is 7.20. The van der Waals surface area contributed by atoms with Gasteiger partial charge in [-0.1, -0.05) is 18.2 Å². The molecule has 0 saturated heterocycles. The number of benzene rings is 1. The van der Waals surface area contributed by atoms with E-state index in [-0.39, 0.29) is 13.0 Å². The predicted molar refractivity (Wildman–Crippen MR) is 119 cm³/mol. The Balaban J connectivity index is 1.83. The number of anilines is 2. The average molecular weight is 436 g/mol. The summed E-state index contributed by atoms with van der Waals surface area (Å²) < 4.78 is 9.93. The van der Waals surface area contributed by atoms with Crippen molar-refractivity contribution in [2.24, 2.45) is 0 Å². The molecule has 3 heterocycles. The Labute approximate surface area is 182 Å². The van der Waals surface area contributed by atoms with Crippen LogP contribution in [0.15, 0.2) is 36.5 Å². The number of carbonyl (C=O) groups excluding carboxylic acids is 2. The summed E-state index contributed by atoms with van der Waals surface area (Å²) in [6, 6.07) is 9.75. The van der Waals surface area contributed by atoms with Crippen molar-refractivity contribution in [1.82, 2.24) is 15.0 Å². The zero-order chi connectivity index (χ0) is 22.0. The molecule has 8 nitrogen and oxygen atoms in total. The Morgan fingerprint density at radius 1 is 1.19 bits per heavy atom. The summed E-state index contributed by atoms with van der Waals surface area (Å²) in [7, 11) is 1.31. The SMILES string of the molecule is CCOC(=O)c1sc2nc(CC(=O)OC)nc(Nc3cnc4ccccc4c3)c2c1C. The molecule has 0 aliphatic rings. The van der Waals surface area contributed by atoms with Crippen LogP contribution in [0.2, 0.25) is 0 Å². The molecule has 4 rings (SSSR count). The predicted octanol–water partition coefficient (Wildman–Crippen LogP) is 4.18. The minimum absolute atomic E-state index is 0.0806. The molecule has 31 heavy (non-hydrogen) atoms. The first-order valence-electron chi connectivity index (χ1n) is 9.66. The van der Waals surface area contributed by atoms with Gasteiger partial charge in [0.15, 0.2) is 0 Å². The van der Waals surface area contributed by atoms with Gasteiger partial charge in [-0.2, -0.15) is 0 Å². The van der Waals surface area contributed by atoms with E-state index in [1.54, 1.807) is 13.1 Å². The molecule has 0 aliphatic carbocycles. The number of ether oxygens (including phenoxy) is 2. The number of methoxy groups -OCH3 is 1. The van der Waals surface area contributed by atoms with Gasteiger partial charge in [-0.3, -0.25) is 9.78 Å². The Bertz CT molecular complexity index is 1300. The van der Waals surface area contributed by atoms with Gasteiger partial charge in [-0.25, -0.2) is 14.8 Å². The number of hydrogen-bond donors (Lipinski definition) is 1. The van der Waals surface area contributed by atoms with Crippen LogP contribution < -0.4 is 5.32 Å². The summed E-state index contributed by atoms with van der Waals surface area (Å²) in [5, 5.41) is 4.96. The van der Waals surface area contributed by atoms with Crippen LogP contribution in [-0.4, -0.2) is 40.6 Å². The second-order valence-corrected chi connectivity index (χ2v) is 7.74. The molecule has 0 bridgehead atoms. The van der Waals surface area contributed by atoms with E-state index in [0.29, 0.717) is 26.7 Å². The number of para-hydroxylation sites is 1. The number of hydrogen-bond acceptors (Lipinski definition) is 9. The van der Waals surface area contributed by atoms with Gasteiger partial charge >= 0.3 is 11.9 Å². The first-order valence-corrected chi connectivity index (χ1v) is 10.5. The molecule has 1 aromatic carbocycles. The number of rotatable bonds is 6. The van der Waals surface area contributed by atoms with Crippen molar-refractivity contribution in [1.29, 1.82) is 0 Å². The molecule has 0 amide bonds. The van der Waals surface area contributed by atoms with Crippen LogP contribution in [0.4, 0.5) is 11.5 Å². The number of nitrogens with zero attached hydrogens (tertiary/aromatic N) is 3. The number of thiophene rings is 1. The fourth-order valence-corrected chi connectivity index (χ4v) is 4.31. The van der Waals surface area contributed by atoms with E-state index >= 15 is 0 Å². The summed E-state index contributed by atoms with van der Waals surface area (Å²) >= 11 is 1.21. The van der Waals surface area contributed by atoms with Gasteiger partial charge in [-0.05, 0) is 31.5 Å². The van der Waals surface area contributed by atoms with Gasteiger partial charge < -0.3 is 14.8 Å². The van der Waals surface area contributed by atoms with Crippen LogP contribution >= 0.6 is 11.3 Å². The van der Waals surface area contributed by atoms with Crippen LogP contribution in [0.5, 0.6) is 0 Å². The summed E-state index contributed by atoms with van der Waals surface area (Å²) in [5.74, 6) is -0.0649. The summed E-state index contributed by atoms with van der Waals surface area (Å²) in [6.45, 7) is 3.87. The average Bonchev–Trinajstić information content (AvgIpc) is 3.10. The van der Waals surface area contributed by atoms with Crippen molar-refractivity contribution in [3.63, 3.8) is 0 Å². The fourth-order valence-electron chi connectivity index (χ4n) is 3.22. The highest BCUT2D eigenvalue weighted by atomic mass is 32.1. The first kappa shape index (κ1) is 20.7. The summed E-state index contributed by atoms with van der Waals surface area (Å²) in [4.78, 5) is 38.7. The zero-order valence-corrected chi connectivity index (χ0v) is 18.1. The smallest absolute Gasteiger partial charge is 0.348 e. The summed E-state index contributed by atoms with van der Waals surface area (Å²) in [5.41, 5.74) is 2.33. The number of carbonyl (C=O) groups is 2. The molecular formula is C22H20N4O4S. The Morgan fingerprint density at radius 2 is 2.00 bits per heavy atom. The largest absolute Gasteiger partial charge is 0.469 e. The molecule has 0 unspecified atom stereocenters. The lowest BCUT2D eigenvalue weighted by Crippen LogP contribution is -2.09. The van der Waals surface area contributed by atoms with Crippen LogP contribution in [-0.2, 0) is 20.7 Å². The van der Waals surface area contributed by atoms with Crippen molar-refractivity contribution >= 4 is 55.9 Å². The van der Waals surface area contributed by atoms with Gasteiger partial charge in [0, 0.05) is 5.39 Å². The molecule has 4 aromatic rings. The molecule has 0 fully saturated rings. The van der Waals surface area contributed by atoms with Crippen LogP contribution in [0.1, 0.15) is 28.0 Å². The maximum absolute atomic E-state index is 12.4. The molecule has 0 aliphatic heterocycles. The van der Waals surface area contributed by atoms with E-state index in [9.17, 15) is 9.59 Å². The maximum Gasteiger partial charge on any atom is 0.348 e. The van der Waals surface area contributed by atoms with E-state index in [1.165, 1.54) is 18.4 Å². The topological polar surface area (TPSA) is 103 Å². The second kappa shape index (κ2) is 8.65. The molecule has 0 radical (unpaired) electrons. The number of fused-ring (bicyclic) bond motifs is 2. The quantitative estimate of drug-likeness (QED) is 0.449. The van der Waals surface area contributed by atoms with Crippen molar-refractivity contribution in [3.05, 3.63) is 52.8 Å². The Hall–Kier alpha value is -3.59. The van der Waals surface area contributed by atoms with Gasteiger partial charge in [0.25, 0.3) is 0 Å². The molecule has 0 spiro atoms. The van der Waals surface area contributed by atoms with E-state index < -0.39 is 11.9 Å². The second-order valence-electron chi connectivity index (χ2n) is 6.74. The number of nitrogens with one attached hydrogen (secondary N) is 1. The van der Waals surface area contributed by atoms with Crippen molar-refractivity contribution < 1.29 is 19.1 Å². The number of aryl methyl sites for hydroxylation is 1. The highest BCUT2D eigenvalue weighted by Crippen LogP contribution is 2.36. The van der Waals surface area contributed by atoms with E-state index in [1.807, 2.05) is 37.3 Å². The van der Waals surface area contributed by atoms with Crippen molar-refractivity contribution in [2.45, 2.75) is 20.3 Å². The van der Waals surface area contributed by atoms with Crippen LogP contribution in [0.3, 0.4) is 0 Å². The lowest BCUT2D eigenvalue weighted by molar-refractivity contribution is -0.139. The zero-order valence-electron chi connectivity index (χ0n) is 17.3. The minimum Gasteiger partial charge on any atom is -0.469 e. The number of esters is 2. The lowest BCUT2D eigenvalue weighted by atomic mass is 10.2. The normalized spacial score (nSPS) is 10.9. The van der Waals surface area contributed by atoms with Crippen molar-refractivity contribution in [2.75, 3.05) is 19.0 Å². The van der Waals surface area contributed by atoms with Gasteiger partial charge in [0.05, 0.1) is 36.5 Å². The number of pyridine rings is 1. The Kier molecular flexibility index (Phi) is 5.77. The monoisotopic (exact) mass is 436 g/mol. The molecule has 0 saturated carbocycles. The third-order valence-corrected chi connectivity index (χ3v) is 5.85. The van der Waals surface area contributed by atoms with Crippen LogP contribution in [0.25, 0.3) is 21.1 Å². The molecule has 0 atom stereocenters. The molecule has 1 N–H and O–H groups in total. The Morgan fingerprint density at radius 3 is 2.77 bits per heavy atom. The minimum atomic E-state index is -0.448. The van der Waals surface area contributed by atoms with Gasteiger partial charge in [0.2, 0.25) is 0 Å². The van der Waals surface area contributed by atoms with E-state index in [4.69, 9.17) is 9.47 Å². The molecule has 158 valence electrons. The highest BCUT2D eigenvalue weighted by Gasteiger charge is 2.22. The molecular weight excluding hydrogens is 416 g/mol. The molecule has 9 heteroatoms. The standard InChI is InChI=1S/C22H20N4O4S/c1-4-30-22(28)19-12(2)18-20(25-16(10-17(27)29-3)26-21(18)31-19)24-14-9-13-7-5-6-8-15(13)23-11-14/h5-9,11H,4,10H2,1-3H3,(H,24,25,26). The van der Waals surface area contributed by atoms with E-state index in [2.05, 4.69) is 20.3 Å². The fraction of sp³-hybridized carbons (Fsp3) is 0.227.